The predicted octanol–water partition coefficient (Wildman–Crippen LogP) is 1.91. The van der Waals surface area contributed by atoms with Gasteiger partial charge in [-0.05, 0) is 32.9 Å². The van der Waals surface area contributed by atoms with Crippen LogP contribution in [-0.2, 0) is 0 Å². The highest BCUT2D eigenvalue weighted by atomic mass is 15.4. The Morgan fingerprint density at radius 2 is 1.70 bits per heavy atom. The van der Waals surface area contributed by atoms with Crippen LogP contribution in [0.15, 0.2) is 30.9 Å². The van der Waals surface area contributed by atoms with Crippen molar-refractivity contribution < 1.29 is 0 Å². The van der Waals surface area contributed by atoms with E-state index in [0.29, 0.717) is 17.3 Å². The lowest BCUT2D eigenvalue weighted by Crippen LogP contribution is -2.40. The van der Waals surface area contributed by atoms with Crippen molar-refractivity contribution in [2.75, 3.05) is 16.5 Å². The number of hydrogen-bond donors (Lipinski definition) is 4. The molecule has 0 aromatic carbocycles. The van der Waals surface area contributed by atoms with Crippen LogP contribution >= 0.6 is 0 Å². The molecule has 0 atom stereocenters. The molecule has 2 aromatic rings. The van der Waals surface area contributed by atoms with Crippen molar-refractivity contribution in [3.05, 3.63) is 30.9 Å². The second-order valence-electron chi connectivity index (χ2n) is 5.35. The first-order chi connectivity index (χ1) is 9.46. The van der Waals surface area contributed by atoms with E-state index in [9.17, 15) is 0 Å². The minimum Gasteiger partial charge on any atom is -0.393 e. The zero-order valence-corrected chi connectivity index (χ0v) is 11.8. The number of nitrogens with one attached hydrogen (secondary N) is 3. The molecule has 7 nitrogen and oxygen atoms in total. The Kier molecular flexibility index (Phi) is 3.99. The molecule has 20 heavy (non-hydrogen) atoms. The maximum absolute atomic E-state index is 6.05. The minimum absolute atomic E-state index is 0.101. The fraction of sp³-hybridized carbons (Fsp3) is 0.308. The molecule has 0 aliphatic heterocycles. The summed E-state index contributed by atoms with van der Waals surface area (Å²) in [6, 6.07) is 3.67. The summed E-state index contributed by atoms with van der Waals surface area (Å²) in [7, 11) is 0. The Morgan fingerprint density at radius 3 is 2.35 bits per heavy atom. The van der Waals surface area contributed by atoms with E-state index < -0.39 is 0 Å². The average Bonchev–Trinajstić information content (AvgIpc) is 2.40. The average molecular weight is 273 g/mol. The third-order valence-corrected chi connectivity index (χ3v) is 2.38. The van der Waals surface area contributed by atoms with E-state index >= 15 is 0 Å². The zero-order valence-electron chi connectivity index (χ0n) is 11.8. The summed E-state index contributed by atoms with van der Waals surface area (Å²) in [4.78, 5) is 12.2. The molecule has 0 aliphatic carbocycles. The molecule has 0 saturated heterocycles. The van der Waals surface area contributed by atoms with Gasteiger partial charge in [0.1, 0.15) is 12.0 Å². The van der Waals surface area contributed by atoms with Crippen LogP contribution in [-0.4, -0.2) is 20.5 Å². The molecule has 0 amide bonds. The van der Waals surface area contributed by atoms with Gasteiger partial charge >= 0.3 is 0 Å². The fourth-order valence-electron chi connectivity index (χ4n) is 1.41. The number of anilines is 4. The predicted molar refractivity (Wildman–Crippen MR) is 80.5 cm³/mol. The van der Waals surface area contributed by atoms with Crippen LogP contribution in [0.1, 0.15) is 20.8 Å². The van der Waals surface area contributed by atoms with Crippen LogP contribution < -0.4 is 21.9 Å². The van der Waals surface area contributed by atoms with Gasteiger partial charge in [0.15, 0.2) is 11.6 Å². The second kappa shape index (κ2) is 5.70. The Hall–Kier alpha value is -2.41. The van der Waals surface area contributed by atoms with Gasteiger partial charge in [-0.25, -0.2) is 15.4 Å². The molecule has 7 heteroatoms. The van der Waals surface area contributed by atoms with E-state index in [1.54, 1.807) is 12.4 Å². The lowest BCUT2D eigenvalue weighted by molar-refractivity contribution is 0.464. The zero-order chi connectivity index (χ0) is 14.6. The summed E-state index contributed by atoms with van der Waals surface area (Å²) >= 11 is 0. The molecule has 0 fully saturated rings. The van der Waals surface area contributed by atoms with Crippen molar-refractivity contribution in [3.63, 3.8) is 0 Å². The maximum Gasteiger partial charge on any atom is 0.169 e. The first-order valence-corrected chi connectivity index (χ1v) is 6.26. The number of hydrogen-bond acceptors (Lipinski definition) is 7. The smallest absolute Gasteiger partial charge is 0.169 e. The van der Waals surface area contributed by atoms with Gasteiger partial charge in [-0.3, -0.25) is 4.98 Å². The van der Waals surface area contributed by atoms with Gasteiger partial charge in [-0.2, -0.15) is 0 Å². The Bertz CT molecular complexity index is 563. The highest BCUT2D eigenvalue weighted by Crippen LogP contribution is 2.25. The van der Waals surface area contributed by atoms with E-state index in [0.717, 1.165) is 5.69 Å². The van der Waals surface area contributed by atoms with Gasteiger partial charge in [0.25, 0.3) is 0 Å². The molecule has 2 rings (SSSR count). The molecule has 0 unspecified atom stereocenters. The fourth-order valence-corrected chi connectivity index (χ4v) is 1.41. The molecule has 2 heterocycles. The highest BCUT2D eigenvalue weighted by Gasteiger charge is 2.12. The summed E-state index contributed by atoms with van der Waals surface area (Å²) in [5.74, 6) is 1.08. The maximum atomic E-state index is 6.05. The number of aromatic nitrogens is 3. The van der Waals surface area contributed by atoms with Gasteiger partial charge in [0, 0.05) is 23.6 Å². The quantitative estimate of drug-likeness (QED) is 0.631. The van der Waals surface area contributed by atoms with Gasteiger partial charge in [0.2, 0.25) is 0 Å². The van der Waals surface area contributed by atoms with E-state index in [2.05, 4.69) is 31.1 Å². The van der Waals surface area contributed by atoms with Crippen LogP contribution in [0.2, 0.25) is 0 Å². The van der Waals surface area contributed by atoms with E-state index in [-0.39, 0.29) is 5.54 Å². The Morgan fingerprint density at radius 1 is 1.05 bits per heavy atom. The van der Waals surface area contributed by atoms with E-state index in [4.69, 9.17) is 5.73 Å². The lowest BCUT2D eigenvalue weighted by atomic mass is 10.1. The van der Waals surface area contributed by atoms with Crippen molar-refractivity contribution in [2.24, 2.45) is 0 Å². The Balaban J connectivity index is 2.15. The second-order valence-corrected chi connectivity index (χ2v) is 5.35. The lowest BCUT2D eigenvalue weighted by Gasteiger charge is -2.22. The molecule has 0 radical (unpaired) electrons. The van der Waals surface area contributed by atoms with Crippen LogP contribution in [0, 0.1) is 0 Å². The minimum atomic E-state index is -0.101. The molecule has 0 saturated carbocycles. The first kappa shape index (κ1) is 14.0. The molecule has 0 spiro atoms. The number of nitrogens with two attached hydrogens (primary N) is 1. The number of hydrazine groups is 1. The third kappa shape index (κ3) is 3.79. The van der Waals surface area contributed by atoms with E-state index in [1.165, 1.54) is 6.33 Å². The van der Waals surface area contributed by atoms with Gasteiger partial charge in [-0.1, -0.05) is 0 Å². The van der Waals surface area contributed by atoms with Gasteiger partial charge in [0.05, 0.1) is 0 Å². The summed E-state index contributed by atoms with van der Waals surface area (Å²) in [6.07, 6.45) is 4.84. The summed E-state index contributed by atoms with van der Waals surface area (Å²) in [5, 5.41) is 3.13. The standard InChI is InChI=1S/C13H19N7/c1-13(2,3)20-19-12-10(14)11(16-8-17-12)18-9-4-6-15-7-5-9/h4-8,20H,14H2,1-3H3,(H2,15,16,17,18,19). The monoisotopic (exact) mass is 273 g/mol. The SMILES string of the molecule is CC(C)(C)NNc1ncnc(Nc2ccncc2)c1N. The summed E-state index contributed by atoms with van der Waals surface area (Å²) < 4.78 is 0. The van der Waals surface area contributed by atoms with Crippen molar-refractivity contribution in [1.82, 2.24) is 20.4 Å². The van der Waals surface area contributed by atoms with Crippen LogP contribution in [0.4, 0.5) is 23.0 Å². The summed E-state index contributed by atoms with van der Waals surface area (Å²) in [6.45, 7) is 6.11. The number of nitrogens with zero attached hydrogens (tertiary/aromatic N) is 3. The highest BCUT2D eigenvalue weighted by molar-refractivity contribution is 5.77. The van der Waals surface area contributed by atoms with Crippen LogP contribution in [0.3, 0.4) is 0 Å². The molecule has 0 bridgehead atoms. The van der Waals surface area contributed by atoms with Crippen LogP contribution in [0.25, 0.3) is 0 Å². The van der Waals surface area contributed by atoms with Crippen molar-refractivity contribution in [2.45, 2.75) is 26.3 Å². The molecule has 5 N–H and O–H groups in total. The topological polar surface area (TPSA) is 101 Å². The number of rotatable bonds is 4. The molecule has 106 valence electrons. The Labute approximate surface area is 118 Å². The summed E-state index contributed by atoms with van der Waals surface area (Å²) in [5.41, 5.74) is 13.4. The van der Waals surface area contributed by atoms with E-state index in [1.807, 2.05) is 32.9 Å². The van der Waals surface area contributed by atoms with Crippen LogP contribution in [0.5, 0.6) is 0 Å². The van der Waals surface area contributed by atoms with Crippen molar-refractivity contribution in [3.8, 4) is 0 Å². The normalized spacial score (nSPS) is 11.2. The third-order valence-electron chi connectivity index (χ3n) is 2.38. The number of nitrogen functional groups attached to an aromatic ring is 1. The largest absolute Gasteiger partial charge is 0.393 e. The van der Waals surface area contributed by atoms with Crippen molar-refractivity contribution >= 4 is 23.0 Å². The molecular weight excluding hydrogens is 254 g/mol. The van der Waals surface area contributed by atoms with Gasteiger partial charge < -0.3 is 16.5 Å². The first-order valence-electron chi connectivity index (χ1n) is 6.26. The molecule has 2 aromatic heterocycles. The van der Waals surface area contributed by atoms with Gasteiger partial charge in [-0.15, -0.1) is 0 Å². The molecule has 0 aliphatic rings. The van der Waals surface area contributed by atoms with Crippen molar-refractivity contribution in [1.29, 1.82) is 0 Å². The number of pyridine rings is 1. The molecular formula is C13H19N7.